The van der Waals surface area contributed by atoms with E-state index in [1.807, 2.05) is 24.6 Å². The van der Waals surface area contributed by atoms with Gasteiger partial charge in [-0.25, -0.2) is 4.98 Å². The van der Waals surface area contributed by atoms with Crippen molar-refractivity contribution in [3.05, 3.63) is 52.0 Å². The van der Waals surface area contributed by atoms with E-state index in [4.69, 9.17) is 0 Å². The molecule has 0 fully saturated rings. The van der Waals surface area contributed by atoms with Gasteiger partial charge in [0.1, 0.15) is 0 Å². The Hall–Kier alpha value is -1.72. The number of rotatable bonds is 3. The zero-order valence-corrected chi connectivity index (χ0v) is 12.2. The highest BCUT2D eigenvalue weighted by Gasteiger charge is 2.26. The van der Waals surface area contributed by atoms with Gasteiger partial charge >= 0.3 is 0 Å². The largest absolute Gasteiger partial charge is 0.338 e. The molecule has 1 aromatic heterocycles. The number of hydrogen-bond donors (Lipinski definition) is 1. The van der Waals surface area contributed by atoms with E-state index < -0.39 is 0 Å². The second-order valence-electron chi connectivity index (χ2n) is 5.08. The smallest absolute Gasteiger partial charge is 0.240 e. The number of nitrogens with one attached hydrogen (secondary N) is 1. The molecule has 0 saturated carbocycles. The molecule has 1 N–H and O–H groups in total. The highest BCUT2D eigenvalue weighted by Crippen LogP contribution is 2.17. The second-order valence-corrected chi connectivity index (χ2v) is 5.80. The van der Waals surface area contributed by atoms with E-state index in [2.05, 4.69) is 22.4 Å². The van der Waals surface area contributed by atoms with Crippen LogP contribution < -0.4 is 5.32 Å². The Bertz CT molecular complexity index is 597. The van der Waals surface area contributed by atoms with Crippen molar-refractivity contribution in [1.29, 1.82) is 0 Å². The maximum atomic E-state index is 12.5. The van der Waals surface area contributed by atoms with Crippen LogP contribution in [0.1, 0.15) is 16.8 Å². The summed E-state index contributed by atoms with van der Waals surface area (Å²) in [4.78, 5) is 18.4. The monoisotopic (exact) mass is 287 g/mol. The minimum Gasteiger partial charge on any atom is -0.338 e. The van der Waals surface area contributed by atoms with Gasteiger partial charge in [-0.15, -0.1) is 11.3 Å². The van der Waals surface area contributed by atoms with Gasteiger partial charge < -0.3 is 10.2 Å². The summed E-state index contributed by atoms with van der Waals surface area (Å²) in [5, 5.41) is 5.31. The number of aromatic nitrogens is 1. The maximum absolute atomic E-state index is 12.5. The quantitative estimate of drug-likeness (QED) is 0.936. The van der Waals surface area contributed by atoms with Crippen molar-refractivity contribution in [2.75, 3.05) is 7.05 Å². The molecular weight excluding hydrogens is 270 g/mol. The summed E-state index contributed by atoms with van der Waals surface area (Å²) in [7, 11) is 1.84. The average Bonchev–Trinajstić information content (AvgIpc) is 2.99. The fourth-order valence-corrected chi connectivity index (χ4v) is 3.08. The number of carbonyl (C=O) groups excluding carboxylic acids is 1. The van der Waals surface area contributed by atoms with Crippen LogP contribution in [0, 0.1) is 0 Å². The van der Waals surface area contributed by atoms with Crippen LogP contribution in [0.25, 0.3) is 0 Å². The number of likely N-dealkylation sites (N-methyl/N-ethyl adjacent to an activating group) is 1. The van der Waals surface area contributed by atoms with Gasteiger partial charge in [-0.3, -0.25) is 4.79 Å². The third kappa shape index (κ3) is 2.73. The zero-order chi connectivity index (χ0) is 13.9. The first-order valence-corrected chi connectivity index (χ1v) is 7.60. The van der Waals surface area contributed by atoms with Crippen LogP contribution in [0.15, 0.2) is 35.2 Å². The molecule has 20 heavy (non-hydrogen) atoms. The van der Waals surface area contributed by atoms with Crippen LogP contribution in [0.2, 0.25) is 0 Å². The average molecular weight is 287 g/mol. The van der Waals surface area contributed by atoms with Crippen LogP contribution in [0.3, 0.4) is 0 Å². The molecule has 0 aliphatic carbocycles. The van der Waals surface area contributed by atoms with Gasteiger partial charge in [0.25, 0.3) is 0 Å². The lowest BCUT2D eigenvalue weighted by Crippen LogP contribution is -2.48. The van der Waals surface area contributed by atoms with Crippen LogP contribution in [0.5, 0.6) is 0 Å². The van der Waals surface area contributed by atoms with Crippen LogP contribution in [0.4, 0.5) is 0 Å². The minimum atomic E-state index is -0.131. The molecule has 1 aliphatic rings. The molecule has 3 rings (SSSR count). The lowest BCUT2D eigenvalue weighted by molar-refractivity contribution is -0.132. The van der Waals surface area contributed by atoms with Crippen molar-refractivity contribution in [2.45, 2.75) is 25.6 Å². The Labute approximate surface area is 122 Å². The van der Waals surface area contributed by atoms with E-state index in [-0.39, 0.29) is 11.9 Å². The SMILES string of the molecule is CN(Cc1cscn1)C(=O)[C@@H]1Cc2ccccc2CN1. The third-order valence-corrected chi connectivity index (χ3v) is 4.27. The molecular formula is C15H17N3OS. The predicted octanol–water partition coefficient (Wildman–Crippen LogP) is 1.82. The summed E-state index contributed by atoms with van der Waals surface area (Å²) >= 11 is 1.55. The predicted molar refractivity (Wildman–Crippen MR) is 79.4 cm³/mol. The first kappa shape index (κ1) is 13.3. The van der Waals surface area contributed by atoms with Gasteiger partial charge in [-0.1, -0.05) is 24.3 Å². The first-order valence-electron chi connectivity index (χ1n) is 6.66. The molecule has 0 unspecified atom stereocenters. The van der Waals surface area contributed by atoms with Gasteiger partial charge in [0, 0.05) is 19.0 Å². The molecule has 4 nitrogen and oxygen atoms in total. The van der Waals surface area contributed by atoms with Gasteiger partial charge in [0.2, 0.25) is 5.91 Å². The molecule has 2 heterocycles. The van der Waals surface area contributed by atoms with Crippen LogP contribution in [-0.4, -0.2) is 28.9 Å². The first-order chi connectivity index (χ1) is 9.74. The van der Waals surface area contributed by atoms with Gasteiger partial charge in [0.05, 0.1) is 23.8 Å². The molecule has 1 aliphatic heterocycles. The molecule has 0 spiro atoms. The fraction of sp³-hybridized carbons (Fsp3) is 0.333. The maximum Gasteiger partial charge on any atom is 0.240 e. The van der Waals surface area contributed by atoms with Gasteiger partial charge in [-0.2, -0.15) is 0 Å². The zero-order valence-electron chi connectivity index (χ0n) is 11.4. The Balaban J connectivity index is 1.66. The highest BCUT2D eigenvalue weighted by atomic mass is 32.1. The second kappa shape index (κ2) is 5.73. The van der Waals surface area contributed by atoms with E-state index in [0.717, 1.165) is 18.7 Å². The number of nitrogens with zero attached hydrogens (tertiary/aromatic N) is 2. The molecule has 1 aromatic carbocycles. The number of amides is 1. The standard InChI is InChI=1S/C15H17N3OS/c1-18(8-13-9-20-10-17-13)15(19)14-6-11-4-2-3-5-12(11)7-16-14/h2-5,9-10,14,16H,6-8H2,1H3/t14-/m0/s1. The van der Waals surface area contributed by atoms with E-state index in [1.54, 1.807) is 21.7 Å². The van der Waals surface area contributed by atoms with Gasteiger partial charge in [-0.05, 0) is 17.5 Å². The Morgan fingerprint density at radius 3 is 3.00 bits per heavy atom. The van der Waals surface area contributed by atoms with E-state index in [1.165, 1.54) is 11.1 Å². The Morgan fingerprint density at radius 1 is 1.45 bits per heavy atom. The highest BCUT2D eigenvalue weighted by molar-refractivity contribution is 7.07. The van der Waals surface area contributed by atoms with Crippen molar-refractivity contribution in [2.24, 2.45) is 0 Å². The molecule has 0 radical (unpaired) electrons. The number of fused-ring (bicyclic) bond motifs is 1. The molecule has 2 aromatic rings. The number of thiazole rings is 1. The molecule has 104 valence electrons. The van der Waals surface area contributed by atoms with Gasteiger partial charge in [0.15, 0.2) is 0 Å². The molecule has 1 amide bonds. The molecule has 0 bridgehead atoms. The van der Waals surface area contributed by atoms with E-state index in [9.17, 15) is 4.79 Å². The lowest BCUT2D eigenvalue weighted by Gasteiger charge is -2.28. The van der Waals surface area contributed by atoms with Crippen molar-refractivity contribution < 1.29 is 4.79 Å². The number of hydrogen-bond acceptors (Lipinski definition) is 4. The van der Waals surface area contributed by atoms with E-state index in [0.29, 0.717) is 6.54 Å². The summed E-state index contributed by atoms with van der Waals surface area (Å²) in [6.45, 7) is 1.33. The molecule has 1 atom stereocenters. The molecule has 0 saturated heterocycles. The number of benzene rings is 1. The Morgan fingerprint density at radius 2 is 2.25 bits per heavy atom. The number of carbonyl (C=O) groups is 1. The summed E-state index contributed by atoms with van der Waals surface area (Å²) in [6, 6.07) is 8.16. The van der Waals surface area contributed by atoms with Crippen LogP contribution >= 0.6 is 11.3 Å². The summed E-state index contributed by atoms with van der Waals surface area (Å²) in [5.41, 5.74) is 5.30. The third-order valence-electron chi connectivity index (χ3n) is 3.64. The summed E-state index contributed by atoms with van der Waals surface area (Å²) in [6.07, 6.45) is 0.760. The fourth-order valence-electron chi connectivity index (χ4n) is 2.53. The summed E-state index contributed by atoms with van der Waals surface area (Å²) in [5.74, 6) is 0.132. The van der Waals surface area contributed by atoms with Crippen molar-refractivity contribution in [3.63, 3.8) is 0 Å². The lowest BCUT2D eigenvalue weighted by atomic mass is 9.95. The van der Waals surface area contributed by atoms with Crippen molar-refractivity contribution in [3.8, 4) is 0 Å². The topological polar surface area (TPSA) is 45.2 Å². The van der Waals surface area contributed by atoms with E-state index >= 15 is 0 Å². The molecule has 5 heteroatoms. The Kier molecular flexibility index (Phi) is 3.80. The summed E-state index contributed by atoms with van der Waals surface area (Å²) < 4.78 is 0. The van der Waals surface area contributed by atoms with Crippen molar-refractivity contribution >= 4 is 17.2 Å². The van der Waals surface area contributed by atoms with Crippen molar-refractivity contribution in [1.82, 2.24) is 15.2 Å². The minimum absolute atomic E-state index is 0.131. The normalized spacial score (nSPS) is 17.6. The van der Waals surface area contributed by atoms with Crippen LogP contribution in [-0.2, 0) is 24.3 Å².